The van der Waals surface area contributed by atoms with Gasteiger partial charge in [-0.05, 0) is 24.3 Å². The van der Waals surface area contributed by atoms with Gasteiger partial charge >= 0.3 is 6.09 Å². The molecule has 4 heteroatoms. The molecule has 4 nitrogen and oxygen atoms in total. The molecule has 0 aliphatic carbocycles. The fourth-order valence-electron chi connectivity index (χ4n) is 2.15. The Morgan fingerprint density at radius 1 is 1.37 bits per heavy atom. The van der Waals surface area contributed by atoms with E-state index in [0.717, 1.165) is 11.1 Å². The molecule has 1 amide bonds. The molecule has 1 aromatic carbocycles. The highest BCUT2D eigenvalue weighted by Gasteiger charge is 2.27. The van der Waals surface area contributed by atoms with Crippen molar-refractivity contribution in [3.05, 3.63) is 35.4 Å². The van der Waals surface area contributed by atoms with Crippen molar-refractivity contribution < 1.29 is 15.0 Å². The third-order valence-electron chi connectivity index (χ3n) is 2.91. The highest BCUT2D eigenvalue weighted by Crippen LogP contribution is 2.28. The van der Waals surface area contributed by atoms with Gasteiger partial charge in [0.1, 0.15) is 0 Å². The van der Waals surface area contributed by atoms with Crippen molar-refractivity contribution in [2.24, 2.45) is 5.41 Å². The predicted molar refractivity (Wildman–Crippen MR) is 75.2 cm³/mol. The normalized spacial score (nSPS) is 14.8. The van der Waals surface area contributed by atoms with Gasteiger partial charge in [0, 0.05) is 0 Å². The molecule has 0 aliphatic heterocycles. The minimum Gasteiger partial charge on any atom is -0.465 e. The minimum atomic E-state index is -1.11. The molecular weight excluding hydrogens is 242 g/mol. The molecule has 0 spiro atoms. The largest absolute Gasteiger partial charge is 0.465 e. The average molecular weight is 265 g/mol. The fourth-order valence-corrected chi connectivity index (χ4v) is 2.15. The van der Waals surface area contributed by atoms with Gasteiger partial charge in [0.2, 0.25) is 0 Å². The number of aryl methyl sites for hydroxylation is 1. The zero-order valence-electron chi connectivity index (χ0n) is 12.0. The summed E-state index contributed by atoms with van der Waals surface area (Å²) in [6, 6.07) is 6.99. The molecule has 0 heterocycles. The quantitative estimate of drug-likeness (QED) is 0.783. The second-order valence-electron chi connectivity index (χ2n) is 6.18. The van der Waals surface area contributed by atoms with Gasteiger partial charge in [-0.2, -0.15) is 0 Å². The lowest BCUT2D eigenvalue weighted by molar-refractivity contribution is 0.0991. The number of amides is 1. The zero-order chi connectivity index (χ0) is 14.6. The maximum Gasteiger partial charge on any atom is 0.404 e. The summed E-state index contributed by atoms with van der Waals surface area (Å²) < 4.78 is 0. The van der Waals surface area contributed by atoms with E-state index in [9.17, 15) is 9.90 Å². The number of carbonyl (C=O) groups is 1. The number of hydrogen-bond acceptors (Lipinski definition) is 2. The smallest absolute Gasteiger partial charge is 0.404 e. The Labute approximate surface area is 114 Å². The lowest BCUT2D eigenvalue weighted by Gasteiger charge is -2.29. The summed E-state index contributed by atoms with van der Waals surface area (Å²) in [6.45, 7) is 8.01. The molecule has 0 bridgehead atoms. The Bertz CT molecular complexity index is 437. The number of carboxylic acid groups (broad SMARTS) is 1. The highest BCUT2D eigenvalue weighted by molar-refractivity contribution is 5.65. The lowest BCUT2D eigenvalue weighted by atomic mass is 9.84. The van der Waals surface area contributed by atoms with E-state index in [0.29, 0.717) is 6.42 Å². The molecule has 0 aromatic heterocycles. The third kappa shape index (κ3) is 5.30. The molecule has 3 N–H and O–H groups in total. The van der Waals surface area contributed by atoms with Crippen molar-refractivity contribution in [3.8, 4) is 0 Å². The summed E-state index contributed by atoms with van der Waals surface area (Å²) in [7, 11) is 0. The molecule has 1 rings (SSSR count). The fraction of sp³-hybridized carbons (Fsp3) is 0.533. The van der Waals surface area contributed by atoms with Gasteiger partial charge in [-0.1, -0.05) is 50.6 Å². The van der Waals surface area contributed by atoms with Gasteiger partial charge in [-0.3, -0.25) is 0 Å². The summed E-state index contributed by atoms with van der Waals surface area (Å²) in [5.74, 6) is 0. The van der Waals surface area contributed by atoms with Crippen LogP contribution in [-0.2, 0) is 0 Å². The van der Waals surface area contributed by atoms with E-state index < -0.39 is 18.2 Å². The average Bonchev–Trinajstić information content (AvgIpc) is 2.24. The van der Waals surface area contributed by atoms with E-state index in [4.69, 9.17) is 5.11 Å². The molecule has 0 unspecified atom stereocenters. The molecule has 0 saturated heterocycles. The summed E-state index contributed by atoms with van der Waals surface area (Å²) in [4.78, 5) is 10.9. The summed E-state index contributed by atoms with van der Waals surface area (Å²) in [5, 5.41) is 21.7. The molecule has 19 heavy (non-hydrogen) atoms. The first-order valence-electron chi connectivity index (χ1n) is 6.43. The van der Waals surface area contributed by atoms with Crippen molar-refractivity contribution in [2.75, 3.05) is 0 Å². The summed E-state index contributed by atoms with van der Waals surface area (Å²) in [5.41, 5.74) is 1.71. The van der Waals surface area contributed by atoms with Crippen LogP contribution in [-0.4, -0.2) is 22.3 Å². The number of benzene rings is 1. The monoisotopic (exact) mass is 265 g/mol. The van der Waals surface area contributed by atoms with Crippen LogP contribution < -0.4 is 5.32 Å². The van der Waals surface area contributed by atoms with Crippen LogP contribution in [0.25, 0.3) is 0 Å². The van der Waals surface area contributed by atoms with Crippen LogP contribution in [0.3, 0.4) is 0 Å². The zero-order valence-corrected chi connectivity index (χ0v) is 12.0. The van der Waals surface area contributed by atoms with Crippen molar-refractivity contribution in [1.29, 1.82) is 0 Å². The Balaban J connectivity index is 2.93. The van der Waals surface area contributed by atoms with Crippen molar-refractivity contribution >= 4 is 6.09 Å². The third-order valence-corrected chi connectivity index (χ3v) is 2.91. The lowest BCUT2D eigenvalue weighted by Crippen LogP contribution is -2.41. The van der Waals surface area contributed by atoms with Gasteiger partial charge in [-0.25, -0.2) is 4.79 Å². The second kappa shape index (κ2) is 6.06. The second-order valence-corrected chi connectivity index (χ2v) is 6.18. The van der Waals surface area contributed by atoms with E-state index in [1.807, 2.05) is 52.0 Å². The van der Waals surface area contributed by atoms with Crippen LogP contribution in [0.4, 0.5) is 4.79 Å². The SMILES string of the molecule is Cc1cccc([C@H](O)[C@H](CC(C)(C)C)NC(=O)O)c1. The van der Waals surface area contributed by atoms with Crippen LogP contribution in [0, 0.1) is 12.3 Å². The number of nitrogens with one attached hydrogen (secondary N) is 1. The van der Waals surface area contributed by atoms with E-state index in [2.05, 4.69) is 5.32 Å². The maximum atomic E-state index is 10.9. The van der Waals surface area contributed by atoms with E-state index in [1.54, 1.807) is 0 Å². The highest BCUT2D eigenvalue weighted by atomic mass is 16.4. The Morgan fingerprint density at radius 2 is 2.00 bits per heavy atom. The number of aliphatic hydroxyl groups excluding tert-OH is 1. The van der Waals surface area contributed by atoms with E-state index in [1.165, 1.54) is 0 Å². The summed E-state index contributed by atoms with van der Waals surface area (Å²) >= 11 is 0. The Hall–Kier alpha value is -1.55. The molecule has 0 fully saturated rings. The van der Waals surface area contributed by atoms with Gasteiger partial charge in [0.15, 0.2) is 0 Å². The Morgan fingerprint density at radius 3 is 2.47 bits per heavy atom. The first kappa shape index (κ1) is 15.5. The molecule has 106 valence electrons. The van der Waals surface area contributed by atoms with Crippen molar-refractivity contribution in [2.45, 2.75) is 46.3 Å². The van der Waals surface area contributed by atoms with Gasteiger partial charge in [-0.15, -0.1) is 0 Å². The van der Waals surface area contributed by atoms with Crippen molar-refractivity contribution in [3.63, 3.8) is 0 Å². The molecule has 0 radical (unpaired) electrons. The van der Waals surface area contributed by atoms with Crippen LogP contribution in [0.15, 0.2) is 24.3 Å². The number of rotatable bonds is 4. The standard InChI is InChI=1S/C15H23NO3/c1-10-6-5-7-11(8-10)13(17)12(16-14(18)19)9-15(2,3)4/h5-8,12-13,16-17H,9H2,1-4H3,(H,18,19)/t12-,13-/m0/s1. The molecule has 2 atom stereocenters. The van der Waals surface area contributed by atoms with Crippen LogP contribution in [0.5, 0.6) is 0 Å². The topological polar surface area (TPSA) is 69.6 Å². The summed E-state index contributed by atoms with van der Waals surface area (Å²) in [6.07, 6.45) is -1.38. The van der Waals surface area contributed by atoms with Gasteiger partial charge in [0.05, 0.1) is 12.1 Å². The van der Waals surface area contributed by atoms with E-state index >= 15 is 0 Å². The van der Waals surface area contributed by atoms with Crippen LogP contribution in [0.1, 0.15) is 44.4 Å². The number of hydrogen-bond donors (Lipinski definition) is 3. The first-order valence-corrected chi connectivity index (χ1v) is 6.43. The molecule has 0 saturated carbocycles. The van der Waals surface area contributed by atoms with E-state index in [-0.39, 0.29) is 5.41 Å². The number of aliphatic hydroxyl groups is 1. The predicted octanol–water partition coefficient (Wildman–Crippen LogP) is 3.10. The van der Waals surface area contributed by atoms with Gasteiger partial charge < -0.3 is 15.5 Å². The van der Waals surface area contributed by atoms with Crippen LogP contribution >= 0.6 is 0 Å². The minimum absolute atomic E-state index is 0.0715. The van der Waals surface area contributed by atoms with Gasteiger partial charge in [0.25, 0.3) is 0 Å². The van der Waals surface area contributed by atoms with Crippen molar-refractivity contribution in [1.82, 2.24) is 5.32 Å². The Kier molecular flexibility index (Phi) is 4.95. The first-order chi connectivity index (χ1) is 8.69. The molecular formula is C15H23NO3. The molecule has 1 aromatic rings. The maximum absolute atomic E-state index is 10.9. The molecule has 0 aliphatic rings. The van der Waals surface area contributed by atoms with Crippen LogP contribution in [0.2, 0.25) is 0 Å².